The highest BCUT2D eigenvalue weighted by Gasteiger charge is 2.21. The number of aromatic amines is 1. The Morgan fingerprint density at radius 3 is 2.61 bits per heavy atom. The van der Waals surface area contributed by atoms with E-state index in [9.17, 15) is 23.9 Å². The van der Waals surface area contributed by atoms with Crippen molar-refractivity contribution in [1.82, 2.24) is 15.1 Å². The minimum absolute atomic E-state index is 0.0581. The first-order valence-electron chi connectivity index (χ1n) is 8.51. The number of carboxylic acid groups (broad SMARTS) is 1. The van der Waals surface area contributed by atoms with Gasteiger partial charge >= 0.3 is 5.97 Å². The molecule has 28 heavy (non-hydrogen) atoms. The van der Waals surface area contributed by atoms with E-state index in [1.807, 2.05) is 13.0 Å². The van der Waals surface area contributed by atoms with Crippen LogP contribution in [0.15, 0.2) is 59.4 Å². The standard InChI is InChI=1S/C20H18FN3O4/c1-12-4-2-5-13(8-12)16(11-19(26)27)22-20(28)17-10-18(25)24(23-17)15-7-3-6-14(21)9-15/h2-10,16,23H,11H2,1H3,(H,22,28)(H,26,27)/t16-/m0/s1. The Balaban J connectivity index is 1.87. The van der Waals surface area contributed by atoms with E-state index in [0.717, 1.165) is 22.4 Å². The molecule has 0 bridgehead atoms. The molecule has 1 amide bonds. The largest absolute Gasteiger partial charge is 0.481 e. The van der Waals surface area contributed by atoms with Gasteiger partial charge in [-0.15, -0.1) is 0 Å². The van der Waals surface area contributed by atoms with E-state index in [-0.39, 0.29) is 17.8 Å². The van der Waals surface area contributed by atoms with E-state index in [2.05, 4.69) is 10.4 Å². The van der Waals surface area contributed by atoms with Gasteiger partial charge in [0.15, 0.2) is 0 Å². The Morgan fingerprint density at radius 1 is 1.18 bits per heavy atom. The predicted octanol–water partition coefficient (Wildman–Crippen LogP) is 2.56. The molecule has 0 aliphatic heterocycles. The van der Waals surface area contributed by atoms with Crippen LogP contribution in [0.2, 0.25) is 0 Å². The fourth-order valence-electron chi connectivity index (χ4n) is 2.87. The van der Waals surface area contributed by atoms with Gasteiger partial charge in [0.05, 0.1) is 18.2 Å². The van der Waals surface area contributed by atoms with Gasteiger partial charge in [-0.05, 0) is 30.7 Å². The summed E-state index contributed by atoms with van der Waals surface area (Å²) in [5, 5.41) is 14.4. The molecular formula is C20H18FN3O4. The summed E-state index contributed by atoms with van der Waals surface area (Å²) in [4.78, 5) is 36.0. The average Bonchev–Trinajstić information content (AvgIpc) is 3.03. The van der Waals surface area contributed by atoms with E-state index < -0.39 is 29.3 Å². The number of carbonyl (C=O) groups is 2. The fourth-order valence-corrected chi connectivity index (χ4v) is 2.87. The number of amides is 1. The van der Waals surface area contributed by atoms with Crippen LogP contribution in [0, 0.1) is 12.7 Å². The zero-order valence-corrected chi connectivity index (χ0v) is 15.0. The van der Waals surface area contributed by atoms with Crippen LogP contribution < -0.4 is 10.9 Å². The van der Waals surface area contributed by atoms with Crippen LogP contribution >= 0.6 is 0 Å². The van der Waals surface area contributed by atoms with Crippen LogP contribution in [0.4, 0.5) is 4.39 Å². The van der Waals surface area contributed by atoms with Crippen molar-refractivity contribution in [3.63, 3.8) is 0 Å². The zero-order valence-electron chi connectivity index (χ0n) is 15.0. The zero-order chi connectivity index (χ0) is 20.3. The molecule has 0 spiro atoms. The third kappa shape index (κ3) is 4.35. The van der Waals surface area contributed by atoms with Crippen molar-refractivity contribution < 1.29 is 19.1 Å². The summed E-state index contributed by atoms with van der Waals surface area (Å²) in [6.07, 6.45) is -0.315. The molecule has 2 aromatic carbocycles. The molecule has 1 atom stereocenters. The third-order valence-electron chi connectivity index (χ3n) is 4.16. The summed E-state index contributed by atoms with van der Waals surface area (Å²) >= 11 is 0. The Labute approximate surface area is 159 Å². The first-order chi connectivity index (χ1) is 13.3. The molecule has 144 valence electrons. The van der Waals surface area contributed by atoms with Gasteiger partial charge in [0.1, 0.15) is 11.5 Å². The molecule has 0 aliphatic rings. The molecule has 3 N–H and O–H groups in total. The summed E-state index contributed by atoms with van der Waals surface area (Å²) in [7, 11) is 0. The van der Waals surface area contributed by atoms with E-state index in [1.165, 1.54) is 18.2 Å². The number of benzene rings is 2. The Kier molecular flexibility index (Phi) is 5.39. The van der Waals surface area contributed by atoms with Crippen molar-refractivity contribution in [2.24, 2.45) is 0 Å². The predicted molar refractivity (Wildman–Crippen MR) is 100.0 cm³/mol. The topological polar surface area (TPSA) is 104 Å². The lowest BCUT2D eigenvalue weighted by Gasteiger charge is -2.17. The third-order valence-corrected chi connectivity index (χ3v) is 4.16. The van der Waals surface area contributed by atoms with Gasteiger partial charge < -0.3 is 10.4 Å². The number of aromatic nitrogens is 2. The highest BCUT2D eigenvalue weighted by molar-refractivity contribution is 5.92. The SMILES string of the molecule is Cc1cccc([C@H](CC(=O)O)NC(=O)c2cc(=O)n(-c3cccc(F)c3)[nH]2)c1. The minimum Gasteiger partial charge on any atom is -0.481 e. The van der Waals surface area contributed by atoms with Crippen molar-refractivity contribution in [1.29, 1.82) is 0 Å². The second-order valence-electron chi connectivity index (χ2n) is 6.36. The van der Waals surface area contributed by atoms with Crippen molar-refractivity contribution in [2.75, 3.05) is 0 Å². The molecular weight excluding hydrogens is 365 g/mol. The molecule has 7 nitrogen and oxygen atoms in total. The minimum atomic E-state index is -1.07. The van der Waals surface area contributed by atoms with Crippen molar-refractivity contribution in [2.45, 2.75) is 19.4 Å². The average molecular weight is 383 g/mol. The van der Waals surface area contributed by atoms with Gasteiger partial charge in [0.2, 0.25) is 0 Å². The molecule has 0 saturated carbocycles. The van der Waals surface area contributed by atoms with Gasteiger partial charge in [-0.1, -0.05) is 35.9 Å². The summed E-state index contributed by atoms with van der Waals surface area (Å²) in [6, 6.07) is 12.8. The number of H-pyrrole nitrogens is 1. The molecule has 0 fully saturated rings. The van der Waals surface area contributed by atoms with Gasteiger partial charge in [-0.25, -0.2) is 9.07 Å². The van der Waals surface area contributed by atoms with Gasteiger partial charge in [0.25, 0.3) is 11.5 Å². The smallest absolute Gasteiger partial charge is 0.305 e. The van der Waals surface area contributed by atoms with Gasteiger partial charge in [-0.3, -0.25) is 19.5 Å². The van der Waals surface area contributed by atoms with E-state index in [4.69, 9.17) is 0 Å². The lowest BCUT2D eigenvalue weighted by Crippen LogP contribution is -2.30. The summed E-state index contributed by atoms with van der Waals surface area (Å²) in [5.74, 6) is -2.23. The number of aryl methyl sites for hydroxylation is 1. The molecule has 0 radical (unpaired) electrons. The van der Waals surface area contributed by atoms with E-state index >= 15 is 0 Å². The molecule has 0 unspecified atom stereocenters. The van der Waals surface area contributed by atoms with Crippen LogP contribution in [0.3, 0.4) is 0 Å². The Hall–Kier alpha value is -3.68. The second kappa shape index (κ2) is 7.91. The first kappa shape index (κ1) is 19.1. The van der Waals surface area contributed by atoms with Crippen molar-refractivity contribution >= 4 is 11.9 Å². The maximum absolute atomic E-state index is 13.4. The first-order valence-corrected chi connectivity index (χ1v) is 8.51. The van der Waals surface area contributed by atoms with Crippen LogP contribution in [0.25, 0.3) is 5.69 Å². The molecule has 1 aromatic heterocycles. The lowest BCUT2D eigenvalue weighted by atomic mass is 10.0. The number of carbonyl (C=O) groups excluding carboxylic acids is 1. The Morgan fingerprint density at radius 2 is 1.93 bits per heavy atom. The molecule has 0 saturated heterocycles. The van der Waals surface area contributed by atoms with Crippen LogP contribution in [0.1, 0.15) is 34.1 Å². The molecule has 3 aromatic rings. The monoisotopic (exact) mass is 383 g/mol. The number of carboxylic acids is 1. The van der Waals surface area contributed by atoms with E-state index in [0.29, 0.717) is 5.56 Å². The number of aliphatic carboxylic acids is 1. The maximum Gasteiger partial charge on any atom is 0.305 e. The number of hydrogen-bond donors (Lipinski definition) is 3. The van der Waals surface area contributed by atoms with Crippen LogP contribution in [0.5, 0.6) is 0 Å². The number of nitrogens with one attached hydrogen (secondary N) is 2. The summed E-state index contributed by atoms with van der Waals surface area (Å²) in [6.45, 7) is 1.86. The number of hydrogen-bond acceptors (Lipinski definition) is 3. The summed E-state index contributed by atoms with van der Waals surface area (Å²) in [5.41, 5.74) is 1.21. The Bertz CT molecular complexity index is 1090. The number of rotatable bonds is 6. The second-order valence-corrected chi connectivity index (χ2v) is 6.36. The fraction of sp³-hybridized carbons (Fsp3) is 0.150. The van der Waals surface area contributed by atoms with Crippen LogP contribution in [-0.2, 0) is 4.79 Å². The number of nitrogens with zero attached hydrogens (tertiary/aromatic N) is 1. The molecule has 1 heterocycles. The number of halogens is 1. The molecule has 0 aliphatic carbocycles. The molecule has 3 rings (SSSR count). The van der Waals surface area contributed by atoms with Crippen molar-refractivity contribution in [3.05, 3.63) is 87.6 Å². The van der Waals surface area contributed by atoms with Crippen molar-refractivity contribution in [3.8, 4) is 5.69 Å². The van der Waals surface area contributed by atoms with Gasteiger partial charge in [0, 0.05) is 6.07 Å². The van der Waals surface area contributed by atoms with Crippen LogP contribution in [-0.4, -0.2) is 26.8 Å². The van der Waals surface area contributed by atoms with Gasteiger partial charge in [-0.2, -0.15) is 0 Å². The normalized spacial score (nSPS) is 11.8. The van der Waals surface area contributed by atoms with E-state index in [1.54, 1.807) is 18.2 Å². The highest BCUT2D eigenvalue weighted by Crippen LogP contribution is 2.19. The quantitative estimate of drug-likeness (QED) is 0.608. The maximum atomic E-state index is 13.4. The molecule has 8 heteroatoms. The summed E-state index contributed by atoms with van der Waals surface area (Å²) < 4.78 is 14.4. The highest BCUT2D eigenvalue weighted by atomic mass is 19.1. The lowest BCUT2D eigenvalue weighted by molar-refractivity contribution is -0.137.